The number of anilines is 1. The van der Waals surface area contributed by atoms with Crippen LogP contribution in [0.3, 0.4) is 0 Å². The standard InChI is InChI=1S/C26H26N2O4/c1-25(2)21-7-5-6-8-23(21)27-16-18-13-19(28(29)30)10-9-17(18)15-26(25,27)22-12-11-20(31-3)14-24(22)32-4/h5-14H,15-16H2,1-4H3. The molecule has 6 heteroatoms. The van der Waals surface area contributed by atoms with E-state index in [0.717, 1.165) is 33.9 Å². The molecule has 3 aromatic carbocycles. The highest BCUT2D eigenvalue weighted by Crippen LogP contribution is 2.62. The van der Waals surface area contributed by atoms with Crippen LogP contribution in [-0.2, 0) is 23.9 Å². The van der Waals surface area contributed by atoms with E-state index in [4.69, 9.17) is 9.47 Å². The molecule has 2 aliphatic rings. The van der Waals surface area contributed by atoms with Crippen LogP contribution in [0.25, 0.3) is 0 Å². The Morgan fingerprint density at radius 1 is 0.938 bits per heavy atom. The second-order valence-corrected chi connectivity index (χ2v) is 9.04. The Kier molecular flexibility index (Phi) is 4.45. The molecular formula is C26H26N2O4. The number of benzene rings is 3. The van der Waals surface area contributed by atoms with Crippen LogP contribution in [0.15, 0.2) is 60.7 Å². The van der Waals surface area contributed by atoms with Gasteiger partial charge in [-0.2, -0.15) is 0 Å². The number of fused-ring (bicyclic) bond motifs is 4. The highest BCUT2D eigenvalue weighted by molar-refractivity contribution is 5.72. The van der Waals surface area contributed by atoms with Crippen LogP contribution in [0.5, 0.6) is 11.5 Å². The first-order chi connectivity index (χ1) is 15.3. The van der Waals surface area contributed by atoms with E-state index in [0.29, 0.717) is 13.0 Å². The monoisotopic (exact) mass is 430 g/mol. The molecule has 0 radical (unpaired) electrons. The van der Waals surface area contributed by atoms with Crippen LogP contribution in [0.4, 0.5) is 11.4 Å². The molecule has 32 heavy (non-hydrogen) atoms. The Labute approximate surface area is 187 Å². The number of hydrogen-bond donors (Lipinski definition) is 0. The molecule has 0 fully saturated rings. The average Bonchev–Trinajstić information content (AvgIpc) is 3.00. The molecule has 1 unspecified atom stereocenters. The average molecular weight is 431 g/mol. The van der Waals surface area contributed by atoms with E-state index in [1.54, 1.807) is 26.4 Å². The molecule has 0 aliphatic carbocycles. The van der Waals surface area contributed by atoms with E-state index < -0.39 is 5.54 Å². The van der Waals surface area contributed by atoms with Crippen LogP contribution < -0.4 is 14.4 Å². The summed E-state index contributed by atoms with van der Waals surface area (Å²) in [5, 5.41) is 11.4. The Bertz CT molecular complexity index is 1240. The van der Waals surface area contributed by atoms with Gasteiger partial charge >= 0.3 is 0 Å². The van der Waals surface area contributed by atoms with Crippen molar-refractivity contribution in [1.82, 2.24) is 0 Å². The SMILES string of the molecule is COc1ccc(C23Cc4ccc([N+](=O)[O-])cc4CN2c2ccccc2C3(C)C)c(OC)c1. The summed E-state index contributed by atoms with van der Waals surface area (Å²) in [7, 11) is 3.34. The first-order valence-corrected chi connectivity index (χ1v) is 10.7. The topological polar surface area (TPSA) is 64.8 Å². The number of rotatable bonds is 4. The molecule has 0 amide bonds. The quantitative estimate of drug-likeness (QED) is 0.412. The molecular weight excluding hydrogens is 404 g/mol. The van der Waals surface area contributed by atoms with Crippen molar-refractivity contribution in [1.29, 1.82) is 0 Å². The molecule has 3 aromatic rings. The summed E-state index contributed by atoms with van der Waals surface area (Å²) in [6, 6.07) is 19.8. The molecule has 164 valence electrons. The highest BCUT2D eigenvalue weighted by atomic mass is 16.6. The summed E-state index contributed by atoms with van der Waals surface area (Å²) in [6.45, 7) is 5.16. The van der Waals surface area contributed by atoms with Crippen molar-refractivity contribution in [3.63, 3.8) is 0 Å². The summed E-state index contributed by atoms with van der Waals surface area (Å²) in [4.78, 5) is 13.5. The van der Waals surface area contributed by atoms with Gasteiger partial charge in [0.2, 0.25) is 0 Å². The minimum Gasteiger partial charge on any atom is -0.497 e. The van der Waals surface area contributed by atoms with E-state index in [9.17, 15) is 10.1 Å². The Morgan fingerprint density at radius 2 is 1.72 bits per heavy atom. The third-order valence-electron chi connectivity index (χ3n) is 7.39. The molecule has 5 rings (SSSR count). The lowest BCUT2D eigenvalue weighted by Gasteiger charge is -2.52. The molecule has 2 aliphatic heterocycles. The van der Waals surface area contributed by atoms with Gasteiger partial charge < -0.3 is 14.4 Å². The molecule has 2 heterocycles. The molecule has 0 aromatic heterocycles. The van der Waals surface area contributed by atoms with Gasteiger partial charge in [-0.25, -0.2) is 0 Å². The van der Waals surface area contributed by atoms with Gasteiger partial charge in [0.25, 0.3) is 5.69 Å². The van der Waals surface area contributed by atoms with Crippen molar-refractivity contribution in [2.75, 3.05) is 19.1 Å². The van der Waals surface area contributed by atoms with E-state index in [2.05, 4.69) is 49.1 Å². The first kappa shape index (κ1) is 20.4. The van der Waals surface area contributed by atoms with Gasteiger partial charge in [0.1, 0.15) is 11.5 Å². The number of para-hydroxylation sites is 1. The molecule has 0 spiro atoms. The zero-order chi connectivity index (χ0) is 22.7. The third-order valence-corrected chi connectivity index (χ3v) is 7.39. The van der Waals surface area contributed by atoms with Crippen molar-refractivity contribution < 1.29 is 14.4 Å². The van der Waals surface area contributed by atoms with Crippen LogP contribution in [0.2, 0.25) is 0 Å². The summed E-state index contributed by atoms with van der Waals surface area (Å²) < 4.78 is 11.3. The number of hydrogen-bond acceptors (Lipinski definition) is 5. The second kappa shape index (κ2) is 6.99. The zero-order valence-electron chi connectivity index (χ0n) is 18.7. The molecule has 1 atom stereocenters. The van der Waals surface area contributed by atoms with E-state index in [-0.39, 0.29) is 16.0 Å². The van der Waals surface area contributed by atoms with Crippen molar-refractivity contribution >= 4 is 11.4 Å². The first-order valence-electron chi connectivity index (χ1n) is 10.7. The zero-order valence-corrected chi connectivity index (χ0v) is 18.7. The molecule has 0 saturated heterocycles. The summed E-state index contributed by atoms with van der Waals surface area (Å²) in [5.74, 6) is 1.52. The number of nitrogens with zero attached hydrogens (tertiary/aromatic N) is 2. The van der Waals surface area contributed by atoms with Crippen molar-refractivity contribution in [3.05, 3.63) is 93.0 Å². The number of nitro groups is 1. The maximum atomic E-state index is 11.4. The minimum atomic E-state index is -0.419. The molecule has 0 N–H and O–H groups in total. The predicted octanol–water partition coefficient (Wildman–Crippen LogP) is 5.36. The van der Waals surface area contributed by atoms with Crippen LogP contribution in [-0.4, -0.2) is 19.1 Å². The highest BCUT2D eigenvalue weighted by Gasteiger charge is 2.60. The van der Waals surface area contributed by atoms with Crippen molar-refractivity contribution in [3.8, 4) is 11.5 Å². The number of nitro benzene ring substituents is 1. The largest absolute Gasteiger partial charge is 0.497 e. The van der Waals surface area contributed by atoms with Crippen molar-refractivity contribution in [2.24, 2.45) is 0 Å². The van der Waals surface area contributed by atoms with Crippen LogP contribution in [0.1, 0.15) is 36.1 Å². The number of non-ortho nitro benzene ring substituents is 1. The molecule has 6 nitrogen and oxygen atoms in total. The smallest absolute Gasteiger partial charge is 0.269 e. The summed E-state index contributed by atoms with van der Waals surface area (Å²) in [6.07, 6.45) is 0.713. The lowest BCUT2D eigenvalue weighted by Crippen LogP contribution is -2.56. The lowest BCUT2D eigenvalue weighted by atomic mass is 9.62. The van der Waals surface area contributed by atoms with E-state index >= 15 is 0 Å². The van der Waals surface area contributed by atoms with Crippen molar-refractivity contribution in [2.45, 2.75) is 37.8 Å². The fourth-order valence-electron chi connectivity index (χ4n) is 5.75. The van der Waals surface area contributed by atoms with Gasteiger partial charge in [-0.3, -0.25) is 10.1 Å². The Hall–Kier alpha value is -3.54. The Morgan fingerprint density at radius 3 is 2.44 bits per heavy atom. The van der Waals surface area contributed by atoms with Gasteiger partial charge in [0, 0.05) is 47.8 Å². The normalized spacial score (nSPS) is 20.2. The maximum Gasteiger partial charge on any atom is 0.269 e. The number of methoxy groups -OCH3 is 2. The fourth-order valence-corrected chi connectivity index (χ4v) is 5.75. The number of ether oxygens (including phenoxy) is 2. The molecule has 0 saturated carbocycles. The van der Waals surface area contributed by atoms with Crippen LogP contribution >= 0.6 is 0 Å². The van der Waals surface area contributed by atoms with E-state index in [1.165, 1.54) is 5.56 Å². The summed E-state index contributed by atoms with van der Waals surface area (Å²) >= 11 is 0. The Balaban J connectivity index is 1.79. The maximum absolute atomic E-state index is 11.4. The third kappa shape index (κ3) is 2.58. The van der Waals surface area contributed by atoms with Crippen LogP contribution in [0, 0.1) is 10.1 Å². The fraction of sp³-hybridized carbons (Fsp3) is 0.308. The van der Waals surface area contributed by atoms with Gasteiger partial charge in [0.15, 0.2) is 0 Å². The van der Waals surface area contributed by atoms with E-state index in [1.807, 2.05) is 18.2 Å². The van der Waals surface area contributed by atoms with Gasteiger partial charge in [-0.1, -0.05) is 38.1 Å². The predicted molar refractivity (Wildman–Crippen MR) is 124 cm³/mol. The second-order valence-electron chi connectivity index (χ2n) is 9.04. The minimum absolute atomic E-state index is 0.130. The van der Waals surface area contributed by atoms with Gasteiger partial charge in [0.05, 0.1) is 24.7 Å². The summed E-state index contributed by atoms with van der Waals surface area (Å²) in [5.41, 5.74) is 5.10. The van der Waals surface area contributed by atoms with Gasteiger partial charge in [-0.05, 0) is 34.9 Å². The lowest BCUT2D eigenvalue weighted by molar-refractivity contribution is -0.384. The molecule has 0 bridgehead atoms. The van der Waals surface area contributed by atoms with Gasteiger partial charge in [-0.15, -0.1) is 0 Å².